The van der Waals surface area contributed by atoms with Crippen LogP contribution in [0.4, 0.5) is 34.1 Å². The van der Waals surface area contributed by atoms with E-state index < -0.39 is 48.4 Å². The van der Waals surface area contributed by atoms with Crippen LogP contribution in [0, 0.1) is 11.7 Å². The van der Waals surface area contributed by atoms with Crippen LogP contribution in [0.1, 0.15) is 56.0 Å². The summed E-state index contributed by atoms with van der Waals surface area (Å²) in [4.78, 5) is 44.4. The highest BCUT2D eigenvalue weighted by Gasteiger charge is 2.37. The number of methoxy groups -OCH3 is 1. The van der Waals surface area contributed by atoms with Crippen molar-refractivity contribution in [3.63, 3.8) is 0 Å². The topological polar surface area (TPSA) is 119 Å². The van der Waals surface area contributed by atoms with Crippen molar-refractivity contribution in [2.45, 2.75) is 51.4 Å². The van der Waals surface area contributed by atoms with Crippen LogP contribution in [0.3, 0.4) is 0 Å². The number of anilines is 2. The molecular weight excluding hydrogens is 617 g/mol. The van der Waals surface area contributed by atoms with Crippen molar-refractivity contribution in [2.75, 3.05) is 24.3 Å². The summed E-state index contributed by atoms with van der Waals surface area (Å²) in [5, 5.41) is 5.23. The number of halogens is 4. The van der Waals surface area contributed by atoms with Gasteiger partial charge in [0.15, 0.2) is 5.82 Å². The molecular formula is C31H30ClF3N4O6. The lowest BCUT2D eigenvalue weighted by Gasteiger charge is -2.37. The van der Waals surface area contributed by atoms with Gasteiger partial charge >= 0.3 is 18.8 Å². The number of ether oxygens (including phenoxy) is 3. The molecule has 1 aromatic heterocycles. The number of amides is 3. The molecule has 1 saturated heterocycles. The van der Waals surface area contributed by atoms with Crippen LogP contribution >= 0.6 is 11.6 Å². The minimum absolute atomic E-state index is 0.0659. The number of hydrogen-bond acceptors (Lipinski definition) is 7. The molecule has 3 heterocycles. The summed E-state index contributed by atoms with van der Waals surface area (Å²) in [7, 11) is 1.24. The van der Waals surface area contributed by atoms with Crippen molar-refractivity contribution < 1.29 is 41.8 Å². The molecule has 2 aromatic carbocycles. The molecule has 2 aliphatic rings. The number of carbonyl (C=O) groups is 3. The number of aromatic nitrogens is 1. The van der Waals surface area contributed by atoms with Gasteiger partial charge in [0.05, 0.1) is 35.1 Å². The fourth-order valence-corrected chi connectivity index (χ4v) is 5.71. The van der Waals surface area contributed by atoms with Gasteiger partial charge in [-0.25, -0.2) is 14.0 Å². The molecule has 2 aliphatic heterocycles. The van der Waals surface area contributed by atoms with Crippen LogP contribution in [0.5, 0.6) is 5.75 Å². The molecule has 5 rings (SSSR count). The van der Waals surface area contributed by atoms with Crippen LogP contribution in [0.15, 0.2) is 48.7 Å². The van der Waals surface area contributed by atoms with Crippen LogP contribution < -0.4 is 15.4 Å². The van der Waals surface area contributed by atoms with Gasteiger partial charge in [-0.3, -0.25) is 20.0 Å². The fraction of sp³-hybridized carbons (Fsp3) is 0.355. The Balaban J connectivity index is 1.47. The number of pyridine rings is 1. The smallest absolute Gasteiger partial charge is 0.411 e. The first-order valence-electron chi connectivity index (χ1n) is 14.2. The van der Waals surface area contributed by atoms with Crippen molar-refractivity contribution in [1.82, 2.24) is 9.88 Å². The van der Waals surface area contributed by atoms with E-state index in [1.165, 1.54) is 12.0 Å². The molecule has 0 saturated carbocycles. The maximum atomic E-state index is 15.0. The molecule has 0 radical (unpaired) electrons. The van der Waals surface area contributed by atoms with E-state index in [1.807, 2.05) is 0 Å². The number of alkyl halides is 2. The van der Waals surface area contributed by atoms with E-state index in [9.17, 15) is 23.2 Å². The molecule has 238 valence electrons. The number of nitrogens with one attached hydrogen (secondary N) is 2. The van der Waals surface area contributed by atoms with Crippen LogP contribution in [-0.4, -0.2) is 48.2 Å². The number of cyclic esters (lactones) is 1. The summed E-state index contributed by atoms with van der Waals surface area (Å²) in [6.07, 6.45) is 0.465. The Morgan fingerprint density at radius 1 is 1.16 bits per heavy atom. The lowest BCUT2D eigenvalue weighted by molar-refractivity contribution is -0.119. The quantitative estimate of drug-likeness (QED) is 0.291. The standard InChI is InChI=1S/C31H30ClF3N4O6/c1-16-4-3-5-23(39-13-11-25(45-31(39)42)26-24(44-29(34)35)9-8-20(32)27(26)33)22-14-17(10-12-36-22)19-7-6-18(37-30(41)43-2)15-21(19)38-28(16)40/h6-10,12,14-16,23,25,29H,3-5,11,13H2,1-2H3,(H,37,41)(H,38,40)/t16-,23+,25?/m1/s1. The van der Waals surface area contributed by atoms with Gasteiger partial charge in [-0.15, -0.1) is 0 Å². The summed E-state index contributed by atoms with van der Waals surface area (Å²) in [5.41, 5.74) is 2.42. The first kappa shape index (κ1) is 31.9. The second-order valence-electron chi connectivity index (χ2n) is 10.7. The molecule has 1 unspecified atom stereocenters. The number of carbonyl (C=O) groups excluding carboxylic acids is 3. The lowest BCUT2D eigenvalue weighted by Crippen LogP contribution is -2.42. The van der Waals surface area contributed by atoms with Gasteiger partial charge in [-0.2, -0.15) is 8.78 Å². The molecule has 1 fully saturated rings. The molecule has 3 aromatic rings. The lowest BCUT2D eigenvalue weighted by atomic mass is 9.94. The maximum Gasteiger partial charge on any atom is 0.411 e. The zero-order valence-corrected chi connectivity index (χ0v) is 25.1. The minimum Gasteiger partial charge on any atom is -0.453 e. The van der Waals surface area contributed by atoms with Gasteiger partial charge < -0.3 is 19.5 Å². The Labute approximate surface area is 261 Å². The Morgan fingerprint density at radius 3 is 2.69 bits per heavy atom. The third kappa shape index (κ3) is 7.08. The van der Waals surface area contributed by atoms with Crippen LogP contribution in [-0.2, 0) is 14.3 Å². The van der Waals surface area contributed by atoms with E-state index in [2.05, 4.69) is 25.1 Å². The van der Waals surface area contributed by atoms with Gasteiger partial charge in [-0.05, 0) is 54.8 Å². The number of nitrogens with zero attached hydrogens (tertiary/aromatic N) is 2. The van der Waals surface area contributed by atoms with Crippen molar-refractivity contribution >= 4 is 41.1 Å². The predicted molar refractivity (Wildman–Crippen MR) is 159 cm³/mol. The van der Waals surface area contributed by atoms with Gasteiger partial charge in [0.1, 0.15) is 11.9 Å². The maximum absolute atomic E-state index is 15.0. The first-order valence-corrected chi connectivity index (χ1v) is 14.6. The Bertz CT molecular complexity index is 1610. The van der Waals surface area contributed by atoms with E-state index >= 15 is 4.39 Å². The summed E-state index contributed by atoms with van der Waals surface area (Å²) in [5.74, 6) is -2.08. The van der Waals surface area contributed by atoms with E-state index in [0.29, 0.717) is 47.5 Å². The second kappa shape index (κ2) is 13.6. The molecule has 3 amide bonds. The summed E-state index contributed by atoms with van der Waals surface area (Å²) < 4.78 is 55.9. The molecule has 10 nitrogen and oxygen atoms in total. The average molecular weight is 647 g/mol. The van der Waals surface area contributed by atoms with Crippen LogP contribution in [0.25, 0.3) is 11.1 Å². The van der Waals surface area contributed by atoms with Gasteiger partial charge in [0, 0.05) is 36.3 Å². The normalized spacial score (nSPS) is 20.2. The monoisotopic (exact) mass is 646 g/mol. The Hall–Kier alpha value is -4.52. The summed E-state index contributed by atoms with van der Waals surface area (Å²) >= 11 is 5.92. The third-order valence-electron chi connectivity index (χ3n) is 7.82. The second-order valence-corrected chi connectivity index (χ2v) is 11.1. The highest BCUT2D eigenvalue weighted by Crippen LogP contribution is 2.41. The number of fused-ring (bicyclic) bond motifs is 4. The zero-order valence-electron chi connectivity index (χ0n) is 24.3. The molecule has 14 heteroatoms. The highest BCUT2D eigenvalue weighted by molar-refractivity contribution is 6.30. The van der Waals surface area contributed by atoms with E-state index in [4.69, 9.17) is 16.3 Å². The molecule has 45 heavy (non-hydrogen) atoms. The predicted octanol–water partition coefficient (Wildman–Crippen LogP) is 7.70. The SMILES string of the molecule is COC(=O)Nc1ccc2c(c1)NC(=O)[C@H](C)CCC[C@H](N1CCC(c3c(OC(F)F)ccc(Cl)c3F)OC1=O)c1cc-2ccn1. The van der Waals surface area contributed by atoms with Gasteiger partial charge in [-0.1, -0.05) is 31.0 Å². The largest absolute Gasteiger partial charge is 0.453 e. The molecule has 3 atom stereocenters. The van der Waals surface area contributed by atoms with Crippen molar-refractivity contribution in [3.05, 3.63) is 70.8 Å². The number of hydrogen-bond donors (Lipinski definition) is 2. The van der Waals surface area contributed by atoms with E-state index in [1.54, 1.807) is 43.5 Å². The molecule has 2 bridgehead atoms. The summed E-state index contributed by atoms with van der Waals surface area (Å²) in [6.45, 7) is -1.34. The van der Waals surface area contributed by atoms with Crippen molar-refractivity contribution in [1.29, 1.82) is 0 Å². The third-order valence-corrected chi connectivity index (χ3v) is 8.11. The minimum atomic E-state index is -3.22. The highest BCUT2D eigenvalue weighted by atomic mass is 35.5. The van der Waals surface area contributed by atoms with E-state index in [0.717, 1.165) is 12.1 Å². The van der Waals surface area contributed by atoms with Crippen LogP contribution in [0.2, 0.25) is 5.02 Å². The molecule has 0 spiro atoms. The zero-order chi connectivity index (χ0) is 32.2. The van der Waals surface area contributed by atoms with E-state index in [-0.39, 0.29) is 29.5 Å². The summed E-state index contributed by atoms with van der Waals surface area (Å²) in [6, 6.07) is 10.2. The Kier molecular flexibility index (Phi) is 9.66. The number of benzene rings is 2. The van der Waals surface area contributed by atoms with Crippen molar-refractivity contribution in [2.24, 2.45) is 5.92 Å². The van der Waals surface area contributed by atoms with Gasteiger partial charge in [0.2, 0.25) is 5.91 Å². The molecule has 2 N–H and O–H groups in total. The fourth-order valence-electron chi connectivity index (χ4n) is 5.54. The Morgan fingerprint density at radius 2 is 1.96 bits per heavy atom. The first-order chi connectivity index (χ1) is 21.5. The van der Waals surface area contributed by atoms with Gasteiger partial charge in [0.25, 0.3) is 0 Å². The average Bonchev–Trinajstić information content (AvgIpc) is 3.01. The van der Waals surface area contributed by atoms with Crippen molar-refractivity contribution in [3.8, 4) is 16.9 Å². The molecule has 0 aliphatic carbocycles. The number of rotatable bonds is 5.